The zero-order valence-electron chi connectivity index (χ0n) is 9.08. The lowest BCUT2D eigenvalue weighted by Crippen LogP contribution is -2.34. The Hall–Kier alpha value is -0.590. The highest BCUT2D eigenvalue weighted by molar-refractivity contribution is 5.00. The number of aliphatic hydroxyl groups excluding tert-OH is 1. The number of rotatable bonds is 6. The van der Waals surface area contributed by atoms with Crippen molar-refractivity contribution in [2.75, 3.05) is 6.54 Å². The van der Waals surface area contributed by atoms with Crippen LogP contribution in [0.15, 0.2) is 0 Å². The van der Waals surface area contributed by atoms with Gasteiger partial charge in [-0.05, 0) is 38.5 Å². The quantitative estimate of drug-likeness (QED) is 0.675. The lowest BCUT2D eigenvalue weighted by atomic mass is 10.0. The lowest BCUT2D eigenvalue weighted by Gasteiger charge is -2.19. The second kappa shape index (κ2) is 4.77. The minimum absolute atomic E-state index is 0.247. The van der Waals surface area contributed by atoms with Gasteiger partial charge < -0.3 is 10.4 Å². The predicted octanol–water partition coefficient (Wildman–Crippen LogP) is 1.43. The Morgan fingerprint density at radius 1 is 1.50 bits per heavy atom. The van der Waals surface area contributed by atoms with Crippen LogP contribution in [0.1, 0.15) is 39.5 Å². The van der Waals surface area contributed by atoms with Crippen molar-refractivity contribution < 1.29 is 5.11 Å². The fourth-order valence-electron chi connectivity index (χ4n) is 1.75. The Labute approximate surface area is 86.1 Å². The molecule has 2 unspecified atom stereocenters. The van der Waals surface area contributed by atoms with Gasteiger partial charge in [0.25, 0.3) is 0 Å². The molecular formula is C11H20N2O. The second-order valence-electron chi connectivity index (χ2n) is 4.70. The number of aliphatic hydroxyl groups is 1. The van der Waals surface area contributed by atoms with Gasteiger partial charge in [-0.25, -0.2) is 0 Å². The van der Waals surface area contributed by atoms with Gasteiger partial charge in [0, 0.05) is 19.0 Å². The van der Waals surface area contributed by atoms with Gasteiger partial charge in [-0.15, -0.1) is 0 Å². The summed E-state index contributed by atoms with van der Waals surface area (Å²) in [5.41, 5.74) is 0.266. The maximum atomic E-state index is 9.18. The number of nitriles is 1. The minimum atomic E-state index is -0.247. The average Bonchev–Trinajstić information content (AvgIpc) is 2.82. The van der Waals surface area contributed by atoms with E-state index >= 15 is 0 Å². The molecule has 80 valence electrons. The molecule has 0 amide bonds. The number of nitrogens with one attached hydrogen (secondary N) is 1. The molecule has 0 aromatic heterocycles. The molecular weight excluding hydrogens is 176 g/mol. The van der Waals surface area contributed by atoms with Gasteiger partial charge in [0.1, 0.15) is 0 Å². The summed E-state index contributed by atoms with van der Waals surface area (Å²) in [6.45, 7) is 4.81. The maximum Gasteiger partial charge on any atom is 0.0628 e. The van der Waals surface area contributed by atoms with Crippen LogP contribution < -0.4 is 5.32 Å². The summed E-state index contributed by atoms with van der Waals surface area (Å²) in [7, 11) is 0. The Bertz CT molecular complexity index is 216. The average molecular weight is 196 g/mol. The standard InChI is InChI=1S/C11H20N2O/c1-9(7-10(2)14)13-8-11(3-4-11)5-6-12/h9-10,13-14H,3-5,7-8H2,1-2H3. The molecule has 0 aromatic carbocycles. The summed E-state index contributed by atoms with van der Waals surface area (Å²) in [6.07, 6.45) is 3.55. The highest BCUT2D eigenvalue weighted by Crippen LogP contribution is 2.47. The molecule has 2 N–H and O–H groups in total. The third-order valence-corrected chi connectivity index (χ3v) is 2.93. The Morgan fingerprint density at radius 2 is 2.14 bits per heavy atom. The van der Waals surface area contributed by atoms with Gasteiger partial charge in [0.05, 0.1) is 12.2 Å². The third kappa shape index (κ3) is 3.65. The van der Waals surface area contributed by atoms with Crippen LogP contribution in [0.25, 0.3) is 0 Å². The first-order chi connectivity index (χ1) is 6.58. The van der Waals surface area contributed by atoms with Crippen LogP contribution >= 0.6 is 0 Å². The van der Waals surface area contributed by atoms with Crippen LogP contribution in [0.5, 0.6) is 0 Å². The van der Waals surface area contributed by atoms with Crippen molar-refractivity contribution in [2.45, 2.75) is 51.7 Å². The Morgan fingerprint density at radius 3 is 2.57 bits per heavy atom. The van der Waals surface area contributed by atoms with Gasteiger partial charge in [0.2, 0.25) is 0 Å². The lowest BCUT2D eigenvalue weighted by molar-refractivity contribution is 0.169. The van der Waals surface area contributed by atoms with E-state index in [1.165, 1.54) is 12.8 Å². The molecule has 3 nitrogen and oxygen atoms in total. The van der Waals surface area contributed by atoms with Gasteiger partial charge >= 0.3 is 0 Å². The fraction of sp³-hybridized carbons (Fsp3) is 0.909. The van der Waals surface area contributed by atoms with E-state index in [9.17, 15) is 5.11 Å². The van der Waals surface area contributed by atoms with E-state index < -0.39 is 0 Å². The molecule has 0 spiro atoms. The van der Waals surface area contributed by atoms with Crippen LogP contribution in [0.2, 0.25) is 0 Å². The van der Waals surface area contributed by atoms with Crippen molar-refractivity contribution in [3.05, 3.63) is 0 Å². The highest BCUT2D eigenvalue weighted by Gasteiger charge is 2.42. The molecule has 0 radical (unpaired) electrons. The first-order valence-electron chi connectivity index (χ1n) is 5.36. The van der Waals surface area contributed by atoms with Crippen molar-refractivity contribution in [2.24, 2.45) is 5.41 Å². The Balaban J connectivity index is 2.17. The third-order valence-electron chi connectivity index (χ3n) is 2.93. The summed E-state index contributed by atoms with van der Waals surface area (Å²) in [4.78, 5) is 0. The van der Waals surface area contributed by atoms with E-state index in [0.29, 0.717) is 12.5 Å². The van der Waals surface area contributed by atoms with Crippen molar-refractivity contribution in [1.29, 1.82) is 5.26 Å². The van der Waals surface area contributed by atoms with Crippen LogP contribution in [-0.2, 0) is 0 Å². The molecule has 14 heavy (non-hydrogen) atoms. The summed E-state index contributed by atoms with van der Waals surface area (Å²) in [5.74, 6) is 0. The first-order valence-corrected chi connectivity index (χ1v) is 5.36. The normalized spacial score (nSPS) is 22.4. The van der Waals surface area contributed by atoms with Crippen molar-refractivity contribution in [3.8, 4) is 6.07 Å². The maximum absolute atomic E-state index is 9.18. The monoisotopic (exact) mass is 196 g/mol. The van der Waals surface area contributed by atoms with E-state index in [1.807, 2.05) is 0 Å². The van der Waals surface area contributed by atoms with Crippen LogP contribution in [0, 0.1) is 16.7 Å². The van der Waals surface area contributed by atoms with E-state index in [-0.39, 0.29) is 11.5 Å². The molecule has 0 bridgehead atoms. The van der Waals surface area contributed by atoms with E-state index in [0.717, 1.165) is 13.0 Å². The topological polar surface area (TPSA) is 56.0 Å². The molecule has 0 aromatic rings. The fourth-order valence-corrected chi connectivity index (χ4v) is 1.75. The Kier molecular flexibility index (Phi) is 3.91. The highest BCUT2D eigenvalue weighted by atomic mass is 16.3. The molecule has 1 saturated carbocycles. The first kappa shape index (κ1) is 11.5. The number of hydrogen-bond acceptors (Lipinski definition) is 3. The van der Waals surface area contributed by atoms with E-state index in [4.69, 9.17) is 5.26 Å². The molecule has 0 aliphatic heterocycles. The van der Waals surface area contributed by atoms with Gasteiger partial charge in [-0.2, -0.15) is 5.26 Å². The summed E-state index contributed by atoms with van der Waals surface area (Å²) in [5, 5.41) is 21.2. The van der Waals surface area contributed by atoms with Gasteiger partial charge in [-0.1, -0.05) is 0 Å². The molecule has 1 aliphatic rings. The van der Waals surface area contributed by atoms with Crippen LogP contribution in [0.4, 0.5) is 0 Å². The van der Waals surface area contributed by atoms with Gasteiger partial charge in [0.15, 0.2) is 0 Å². The largest absolute Gasteiger partial charge is 0.393 e. The molecule has 1 aliphatic carbocycles. The second-order valence-corrected chi connectivity index (χ2v) is 4.70. The smallest absolute Gasteiger partial charge is 0.0628 e. The molecule has 3 heteroatoms. The molecule has 0 saturated heterocycles. The van der Waals surface area contributed by atoms with Crippen molar-refractivity contribution in [3.63, 3.8) is 0 Å². The number of hydrogen-bond donors (Lipinski definition) is 2. The minimum Gasteiger partial charge on any atom is -0.393 e. The molecule has 0 heterocycles. The summed E-state index contributed by atoms with van der Waals surface area (Å²) in [6, 6.07) is 2.58. The van der Waals surface area contributed by atoms with Crippen LogP contribution in [0.3, 0.4) is 0 Å². The molecule has 2 atom stereocenters. The SMILES string of the molecule is CC(O)CC(C)NCC1(CC#N)CC1. The molecule has 1 rings (SSSR count). The van der Waals surface area contributed by atoms with Crippen molar-refractivity contribution >= 4 is 0 Å². The predicted molar refractivity (Wildman–Crippen MR) is 55.7 cm³/mol. The van der Waals surface area contributed by atoms with Gasteiger partial charge in [-0.3, -0.25) is 0 Å². The molecule has 1 fully saturated rings. The summed E-state index contributed by atoms with van der Waals surface area (Å²) >= 11 is 0. The number of nitrogens with zero attached hydrogens (tertiary/aromatic N) is 1. The zero-order chi connectivity index (χ0) is 10.6. The van der Waals surface area contributed by atoms with Crippen molar-refractivity contribution in [1.82, 2.24) is 5.32 Å². The zero-order valence-corrected chi connectivity index (χ0v) is 9.08. The van der Waals surface area contributed by atoms with Crippen LogP contribution in [-0.4, -0.2) is 23.8 Å². The summed E-state index contributed by atoms with van der Waals surface area (Å²) < 4.78 is 0. The van der Waals surface area contributed by atoms with E-state index in [1.54, 1.807) is 6.92 Å². The van der Waals surface area contributed by atoms with E-state index in [2.05, 4.69) is 18.3 Å².